The first-order valence-electron chi connectivity index (χ1n) is 8.91. The van der Waals surface area contributed by atoms with Gasteiger partial charge in [0.15, 0.2) is 9.84 Å². The van der Waals surface area contributed by atoms with Crippen molar-refractivity contribution in [2.24, 2.45) is 0 Å². The van der Waals surface area contributed by atoms with E-state index < -0.39 is 15.1 Å². The van der Waals surface area contributed by atoms with Gasteiger partial charge in [0.1, 0.15) is 11.6 Å². The lowest BCUT2D eigenvalue weighted by atomic mass is 9.96. The summed E-state index contributed by atoms with van der Waals surface area (Å²) in [5, 5.41) is -0.417. The molecule has 5 rings (SSSR count). The fourth-order valence-electron chi connectivity index (χ4n) is 4.30. The molecular formula is C21H18FNO3S. The normalized spacial score (nSPS) is 23.3. The van der Waals surface area contributed by atoms with Crippen molar-refractivity contribution in [2.75, 3.05) is 13.1 Å². The Bertz CT molecular complexity index is 1090. The van der Waals surface area contributed by atoms with E-state index in [-0.39, 0.29) is 11.7 Å². The topological polar surface area (TPSA) is 50.5 Å². The fourth-order valence-corrected chi connectivity index (χ4v) is 6.49. The number of nitrogens with zero attached hydrogens (tertiary/aromatic N) is 1. The highest BCUT2D eigenvalue weighted by Gasteiger charge is 2.50. The summed E-state index contributed by atoms with van der Waals surface area (Å²) in [6.07, 6.45) is 1.61. The van der Waals surface area contributed by atoms with Gasteiger partial charge in [-0.3, -0.25) is 4.90 Å². The molecule has 0 aliphatic carbocycles. The number of hydrogen-bond acceptors (Lipinski definition) is 4. The monoisotopic (exact) mass is 383 g/mol. The van der Waals surface area contributed by atoms with Crippen LogP contribution >= 0.6 is 0 Å². The van der Waals surface area contributed by atoms with Gasteiger partial charge in [-0.1, -0.05) is 12.1 Å². The summed E-state index contributed by atoms with van der Waals surface area (Å²) < 4.78 is 44.6. The first-order valence-corrected chi connectivity index (χ1v) is 10.5. The van der Waals surface area contributed by atoms with Crippen LogP contribution < -0.4 is 0 Å². The lowest BCUT2D eigenvalue weighted by molar-refractivity contribution is 0.325. The van der Waals surface area contributed by atoms with Gasteiger partial charge < -0.3 is 4.42 Å². The Morgan fingerprint density at radius 1 is 1.07 bits per heavy atom. The molecule has 138 valence electrons. The lowest BCUT2D eigenvalue weighted by Gasteiger charge is -2.17. The number of furan rings is 1. The van der Waals surface area contributed by atoms with Gasteiger partial charge in [0.2, 0.25) is 0 Å². The Hall–Kier alpha value is -2.44. The Kier molecular flexibility index (Phi) is 3.74. The van der Waals surface area contributed by atoms with E-state index in [0.717, 1.165) is 22.5 Å². The van der Waals surface area contributed by atoms with Crippen LogP contribution in [0, 0.1) is 5.82 Å². The standard InChI is InChI=1S/C21H18FNO3S/c22-16-6-3-14(4-7-16)11-23-12-18-17-10-15(19-2-1-9-26-19)5-8-20(17)27(24,25)21(18)13-23/h1-10,18,21H,11-13H2/t18-,21+/m1/s1. The van der Waals surface area contributed by atoms with E-state index in [0.29, 0.717) is 24.5 Å². The zero-order valence-corrected chi connectivity index (χ0v) is 15.3. The molecule has 1 saturated heterocycles. The van der Waals surface area contributed by atoms with E-state index >= 15 is 0 Å². The smallest absolute Gasteiger partial charge is 0.183 e. The van der Waals surface area contributed by atoms with E-state index in [1.165, 1.54) is 12.1 Å². The van der Waals surface area contributed by atoms with Crippen LogP contribution in [0.25, 0.3) is 11.3 Å². The molecule has 2 aliphatic rings. The van der Waals surface area contributed by atoms with Crippen LogP contribution in [0.3, 0.4) is 0 Å². The van der Waals surface area contributed by atoms with Gasteiger partial charge in [-0.15, -0.1) is 0 Å². The van der Waals surface area contributed by atoms with Crippen molar-refractivity contribution in [2.45, 2.75) is 22.6 Å². The molecule has 1 aromatic heterocycles. The first kappa shape index (κ1) is 16.7. The highest BCUT2D eigenvalue weighted by Crippen LogP contribution is 2.46. The van der Waals surface area contributed by atoms with Gasteiger partial charge >= 0.3 is 0 Å². The van der Waals surface area contributed by atoms with Crippen molar-refractivity contribution >= 4 is 9.84 Å². The first-order chi connectivity index (χ1) is 13.0. The van der Waals surface area contributed by atoms with Crippen molar-refractivity contribution < 1.29 is 17.2 Å². The molecule has 27 heavy (non-hydrogen) atoms. The second-order valence-corrected chi connectivity index (χ2v) is 9.38. The van der Waals surface area contributed by atoms with Crippen molar-refractivity contribution in [3.63, 3.8) is 0 Å². The van der Waals surface area contributed by atoms with Crippen molar-refractivity contribution in [1.82, 2.24) is 4.90 Å². The van der Waals surface area contributed by atoms with Gasteiger partial charge in [0, 0.05) is 31.1 Å². The minimum absolute atomic E-state index is 0.0413. The van der Waals surface area contributed by atoms with Crippen molar-refractivity contribution in [3.05, 3.63) is 77.8 Å². The summed E-state index contributed by atoms with van der Waals surface area (Å²) in [5.74, 6) is 0.430. The molecule has 4 nitrogen and oxygen atoms in total. The van der Waals surface area contributed by atoms with Crippen molar-refractivity contribution in [1.29, 1.82) is 0 Å². The van der Waals surface area contributed by atoms with Gasteiger partial charge in [-0.2, -0.15) is 0 Å². The summed E-state index contributed by atoms with van der Waals surface area (Å²) in [6.45, 7) is 1.79. The quantitative estimate of drug-likeness (QED) is 0.690. The molecule has 2 aliphatic heterocycles. The van der Waals surface area contributed by atoms with E-state index in [4.69, 9.17) is 4.42 Å². The SMILES string of the molecule is O=S1(=O)c2ccc(-c3ccco3)cc2[C@H]2CN(Cc3ccc(F)cc3)C[C@@H]21. The fraction of sp³-hybridized carbons (Fsp3) is 0.238. The van der Waals surface area contributed by atoms with Crippen LogP contribution in [0.15, 0.2) is 70.2 Å². The number of fused-ring (bicyclic) bond motifs is 3. The molecule has 3 heterocycles. The average molecular weight is 383 g/mol. The van der Waals surface area contributed by atoms with Gasteiger partial charge in [-0.25, -0.2) is 12.8 Å². The third-order valence-electron chi connectivity index (χ3n) is 5.58. The molecule has 0 radical (unpaired) electrons. The van der Waals surface area contributed by atoms with Gasteiger partial charge in [0.05, 0.1) is 16.4 Å². The van der Waals surface area contributed by atoms with Crippen LogP contribution in [0.2, 0.25) is 0 Å². The summed E-state index contributed by atoms with van der Waals surface area (Å²) in [6, 6.07) is 15.6. The van der Waals surface area contributed by atoms with Crippen LogP contribution in [-0.2, 0) is 16.4 Å². The number of hydrogen-bond donors (Lipinski definition) is 0. The predicted octanol–water partition coefficient (Wildman–Crippen LogP) is 3.84. The maximum atomic E-state index is 13.1. The molecule has 2 atom stereocenters. The zero-order chi connectivity index (χ0) is 18.6. The largest absolute Gasteiger partial charge is 0.464 e. The predicted molar refractivity (Wildman–Crippen MR) is 99.5 cm³/mol. The summed E-state index contributed by atoms with van der Waals surface area (Å²) >= 11 is 0. The Morgan fingerprint density at radius 3 is 2.63 bits per heavy atom. The number of likely N-dealkylation sites (tertiary alicyclic amines) is 1. The number of sulfone groups is 1. The summed E-state index contributed by atoms with van der Waals surface area (Å²) in [4.78, 5) is 2.59. The maximum absolute atomic E-state index is 13.1. The van der Waals surface area contributed by atoms with Crippen molar-refractivity contribution in [3.8, 4) is 11.3 Å². The molecule has 2 aromatic carbocycles. The van der Waals surface area contributed by atoms with E-state index in [1.807, 2.05) is 24.3 Å². The van der Waals surface area contributed by atoms with Gasteiger partial charge in [0.25, 0.3) is 0 Å². The Morgan fingerprint density at radius 2 is 1.89 bits per heavy atom. The molecule has 6 heteroatoms. The highest BCUT2D eigenvalue weighted by molar-refractivity contribution is 7.92. The van der Waals surface area contributed by atoms with Crippen LogP contribution in [0.5, 0.6) is 0 Å². The van der Waals surface area contributed by atoms with E-state index in [9.17, 15) is 12.8 Å². The molecule has 3 aromatic rings. The minimum atomic E-state index is -3.33. The highest BCUT2D eigenvalue weighted by atomic mass is 32.2. The summed E-state index contributed by atoms with van der Waals surface area (Å²) in [7, 11) is -3.33. The zero-order valence-electron chi connectivity index (χ0n) is 14.5. The molecule has 0 bridgehead atoms. The maximum Gasteiger partial charge on any atom is 0.183 e. The molecular weight excluding hydrogens is 365 g/mol. The van der Waals surface area contributed by atoms with Gasteiger partial charge in [-0.05, 0) is 53.6 Å². The third-order valence-corrected chi connectivity index (χ3v) is 7.84. The average Bonchev–Trinajstić information content (AvgIpc) is 3.36. The molecule has 0 amide bonds. The number of rotatable bonds is 3. The van der Waals surface area contributed by atoms with Crippen LogP contribution in [-0.4, -0.2) is 31.7 Å². The van der Waals surface area contributed by atoms with Crippen LogP contribution in [0.4, 0.5) is 4.39 Å². The number of benzene rings is 2. The van der Waals surface area contributed by atoms with E-state index in [1.54, 1.807) is 24.5 Å². The Balaban J connectivity index is 1.46. The lowest BCUT2D eigenvalue weighted by Crippen LogP contribution is -2.25. The third kappa shape index (κ3) is 2.71. The number of halogens is 1. The second kappa shape index (κ2) is 6.04. The minimum Gasteiger partial charge on any atom is -0.464 e. The molecule has 1 fully saturated rings. The molecule has 0 N–H and O–H groups in total. The van der Waals surface area contributed by atoms with Crippen LogP contribution in [0.1, 0.15) is 17.0 Å². The second-order valence-electron chi connectivity index (χ2n) is 7.24. The molecule has 0 spiro atoms. The summed E-state index contributed by atoms with van der Waals surface area (Å²) in [5.41, 5.74) is 2.76. The molecule has 0 saturated carbocycles. The Labute approximate surface area is 157 Å². The molecule has 0 unspecified atom stereocenters. The van der Waals surface area contributed by atoms with E-state index in [2.05, 4.69) is 4.90 Å².